The van der Waals surface area contributed by atoms with E-state index in [2.05, 4.69) is 25.5 Å². The van der Waals surface area contributed by atoms with E-state index in [0.717, 1.165) is 0 Å². The van der Waals surface area contributed by atoms with E-state index in [9.17, 15) is 4.79 Å². The highest BCUT2D eigenvalue weighted by atomic mass is 16.2. The van der Waals surface area contributed by atoms with Gasteiger partial charge in [-0.3, -0.25) is 10.1 Å². The highest BCUT2D eigenvalue weighted by molar-refractivity contribution is 6.01. The maximum Gasteiger partial charge on any atom is 0.276 e. The predicted molar refractivity (Wildman–Crippen MR) is 56.4 cm³/mol. The molecule has 0 aromatic carbocycles. The third kappa shape index (κ3) is 2.27. The SMILES string of the molecule is Nc1ccc(C(=O)Nc2nccnn2)nc1. The molecule has 0 atom stereocenters. The first-order chi connectivity index (χ1) is 7.75. The van der Waals surface area contributed by atoms with Gasteiger partial charge in [0.25, 0.3) is 5.91 Å². The van der Waals surface area contributed by atoms with Crippen molar-refractivity contribution in [2.24, 2.45) is 0 Å². The van der Waals surface area contributed by atoms with Crippen molar-refractivity contribution in [3.63, 3.8) is 0 Å². The Morgan fingerprint density at radius 2 is 2.12 bits per heavy atom. The van der Waals surface area contributed by atoms with E-state index in [1.165, 1.54) is 24.7 Å². The van der Waals surface area contributed by atoms with Crippen LogP contribution in [0.1, 0.15) is 10.5 Å². The van der Waals surface area contributed by atoms with Gasteiger partial charge in [-0.15, -0.1) is 5.10 Å². The number of hydrogen-bond donors (Lipinski definition) is 2. The molecule has 0 aliphatic carbocycles. The second-order valence-electron chi connectivity index (χ2n) is 2.90. The first-order valence-corrected chi connectivity index (χ1v) is 4.42. The van der Waals surface area contributed by atoms with Gasteiger partial charge in [0.15, 0.2) is 0 Å². The van der Waals surface area contributed by atoms with Crippen LogP contribution in [0, 0.1) is 0 Å². The molecule has 0 aliphatic rings. The average Bonchev–Trinajstić information content (AvgIpc) is 2.31. The molecule has 0 saturated heterocycles. The lowest BCUT2D eigenvalue weighted by Gasteiger charge is -2.01. The second-order valence-corrected chi connectivity index (χ2v) is 2.90. The summed E-state index contributed by atoms with van der Waals surface area (Å²) in [6.07, 6.45) is 4.25. The van der Waals surface area contributed by atoms with Gasteiger partial charge in [-0.05, 0) is 12.1 Å². The van der Waals surface area contributed by atoms with Crippen LogP contribution in [0.15, 0.2) is 30.7 Å². The Hall–Kier alpha value is -2.57. The minimum atomic E-state index is -0.409. The lowest BCUT2D eigenvalue weighted by atomic mass is 10.3. The van der Waals surface area contributed by atoms with Crippen LogP contribution in [0.25, 0.3) is 0 Å². The van der Waals surface area contributed by atoms with Crippen molar-refractivity contribution in [2.75, 3.05) is 11.1 Å². The van der Waals surface area contributed by atoms with E-state index in [-0.39, 0.29) is 11.6 Å². The molecule has 3 N–H and O–H groups in total. The fraction of sp³-hybridized carbons (Fsp3) is 0. The Balaban J connectivity index is 2.12. The number of hydrogen-bond acceptors (Lipinski definition) is 6. The summed E-state index contributed by atoms with van der Waals surface area (Å²) in [6.45, 7) is 0. The molecule has 0 unspecified atom stereocenters. The van der Waals surface area contributed by atoms with Gasteiger partial charge in [0.1, 0.15) is 5.69 Å². The Labute approximate surface area is 90.8 Å². The summed E-state index contributed by atoms with van der Waals surface area (Å²) in [6, 6.07) is 3.10. The number of nitrogens with two attached hydrogens (primary N) is 1. The molecule has 2 aromatic heterocycles. The maximum atomic E-state index is 11.6. The fourth-order valence-electron chi connectivity index (χ4n) is 1.01. The van der Waals surface area contributed by atoms with Crippen LogP contribution < -0.4 is 11.1 Å². The summed E-state index contributed by atoms with van der Waals surface area (Å²) in [5, 5.41) is 9.64. The minimum Gasteiger partial charge on any atom is -0.397 e. The van der Waals surface area contributed by atoms with Crippen LogP contribution in [-0.2, 0) is 0 Å². The smallest absolute Gasteiger partial charge is 0.276 e. The molecule has 2 aromatic rings. The molecule has 2 rings (SSSR count). The lowest BCUT2D eigenvalue weighted by molar-refractivity contribution is 0.102. The molecule has 7 heteroatoms. The van der Waals surface area contributed by atoms with Crippen molar-refractivity contribution >= 4 is 17.5 Å². The van der Waals surface area contributed by atoms with Gasteiger partial charge in [0.05, 0.1) is 24.3 Å². The van der Waals surface area contributed by atoms with Crippen molar-refractivity contribution in [2.45, 2.75) is 0 Å². The number of aromatic nitrogens is 4. The van der Waals surface area contributed by atoms with Crippen LogP contribution in [0.2, 0.25) is 0 Å². The number of amides is 1. The molecule has 2 heterocycles. The van der Waals surface area contributed by atoms with E-state index in [1.807, 2.05) is 0 Å². The molecule has 0 aliphatic heterocycles. The van der Waals surface area contributed by atoms with Gasteiger partial charge in [0, 0.05) is 0 Å². The van der Waals surface area contributed by atoms with E-state index in [0.29, 0.717) is 5.69 Å². The van der Waals surface area contributed by atoms with Crippen molar-refractivity contribution in [3.8, 4) is 0 Å². The van der Waals surface area contributed by atoms with Crippen LogP contribution in [0.3, 0.4) is 0 Å². The molecular weight excluding hydrogens is 208 g/mol. The fourth-order valence-corrected chi connectivity index (χ4v) is 1.01. The summed E-state index contributed by atoms with van der Waals surface area (Å²) >= 11 is 0. The predicted octanol–water partition coefficient (Wildman–Crippen LogP) is 0.101. The second kappa shape index (κ2) is 4.30. The minimum absolute atomic E-state index is 0.131. The van der Waals surface area contributed by atoms with Crippen LogP contribution in [0.4, 0.5) is 11.6 Å². The molecule has 0 radical (unpaired) electrons. The Kier molecular flexibility index (Phi) is 2.68. The van der Waals surface area contributed by atoms with Crippen LogP contribution >= 0.6 is 0 Å². The summed E-state index contributed by atoms with van der Waals surface area (Å²) < 4.78 is 0. The molecule has 0 spiro atoms. The monoisotopic (exact) mass is 216 g/mol. The van der Waals surface area contributed by atoms with Crippen molar-refractivity contribution < 1.29 is 4.79 Å². The summed E-state index contributed by atoms with van der Waals surface area (Å²) in [5.74, 6) is -0.279. The number of nitrogens with one attached hydrogen (secondary N) is 1. The van der Waals surface area contributed by atoms with E-state index in [4.69, 9.17) is 5.73 Å². The van der Waals surface area contributed by atoms with Gasteiger partial charge >= 0.3 is 0 Å². The quantitative estimate of drug-likeness (QED) is 0.737. The topological polar surface area (TPSA) is 107 Å². The molecule has 80 valence electrons. The molecule has 0 bridgehead atoms. The number of carbonyl (C=O) groups excluding carboxylic acids is 1. The Morgan fingerprint density at radius 3 is 2.75 bits per heavy atom. The van der Waals surface area contributed by atoms with Crippen molar-refractivity contribution in [1.29, 1.82) is 0 Å². The number of nitrogens with zero attached hydrogens (tertiary/aromatic N) is 4. The van der Waals surface area contributed by atoms with Gasteiger partial charge in [-0.2, -0.15) is 5.10 Å². The molecule has 16 heavy (non-hydrogen) atoms. The van der Waals surface area contributed by atoms with Crippen LogP contribution in [0.5, 0.6) is 0 Å². The normalized spacial score (nSPS) is 9.75. The molecule has 7 nitrogen and oxygen atoms in total. The van der Waals surface area contributed by atoms with Gasteiger partial charge < -0.3 is 5.73 Å². The third-order valence-electron chi connectivity index (χ3n) is 1.73. The average molecular weight is 216 g/mol. The number of nitrogen functional groups attached to an aromatic ring is 1. The first-order valence-electron chi connectivity index (χ1n) is 4.42. The largest absolute Gasteiger partial charge is 0.397 e. The number of anilines is 2. The van der Waals surface area contributed by atoms with Crippen LogP contribution in [-0.4, -0.2) is 26.1 Å². The summed E-state index contributed by atoms with van der Waals surface area (Å²) in [5.41, 5.74) is 6.18. The van der Waals surface area contributed by atoms with Gasteiger partial charge in [0.2, 0.25) is 5.95 Å². The Bertz CT molecular complexity index is 483. The Morgan fingerprint density at radius 1 is 1.25 bits per heavy atom. The molecule has 1 amide bonds. The van der Waals surface area contributed by atoms with Crippen molar-refractivity contribution in [3.05, 3.63) is 36.4 Å². The zero-order valence-electron chi connectivity index (χ0n) is 8.16. The standard InChI is InChI=1S/C9H8N6O/c10-6-1-2-7(12-5-6)8(16)14-9-11-3-4-13-15-9/h1-5H,10H2,(H,11,14,15,16). The van der Waals surface area contributed by atoms with E-state index >= 15 is 0 Å². The molecule has 0 saturated carbocycles. The summed E-state index contributed by atoms with van der Waals surface area (Å²) in [7, 11) is 0. The highest BCUT2D eigenvalue weighted by Gasteiger charge is 2.08. The first kappa shape index (κ1) is 9.97. The van der Waals surface area contributed by atoms with Gasteiger partial charge in [-0.25, -0.2) is 9.97 Å². The maximum absolute atomic E-state index is 11.6. The lowest BCUT2D eigenvalue weighted by Crippen LogP contribution is -2.15. The zero-order chi connectivity index (χ0) is 11.4. The molecular formula is C9H8N6O. The van der Waals surface area contributed by atoms with Gasteiger partial charge in [-0.1, -0.05) is 0 Å². The van der Waals surface area contributed by atoms with E-state index < -0.39 is 5.91 Å². The number of pyridine rings is 1. The van der Waals surface area contributed by atoms with E-state index in [1.54, 1.807) is 6.07 Å². The zero-order valence-corrected chi connectivity index (χ0v) is 8.16. The third-order valence-corrected chi connectivity index (χ3v) is 1.73. The number of rotatable bonds is 2. The summed E-state index contributed by atoms with van der Waals surface area (Å²) in [4.78, 5) is 19.3. The highest BCUT2D eigenvalue weighted by Crippen LogP contribution is 2.03. The molecule has 0 fully saturated rings. The van der Waals surface area contributed by atoms with Crippen molar-refractivity contribution in [1.82, 2.24) is 20.2 Å². The number of carbonyl (C=O) groups is 1.